The molecule has 0 heterocycles. The smallest absolute Gasteiger partial charge is 0.258 e. The lowest BCUT2D eigenvalue weighted by atomic mass is 10.1. The molecule has 0 aliphatic heterocycles. The summed E-state index contributed by atoms with van der Waals surface area (Å²) in [5.74, 6) is 0. The van der Waals surface area contributed by atoms with Crippen molar-refractivity contribution in [3.63, 3.8) is 0 Å². The SMILES string of the molecule is O=[N+]([O-])c1ccc(COOCc2c([N+](=O)[O-])cccc2[N+](=O)[O-])cc1[N+](=O)[O-]. The first-order valence-electron chi connectivity index (χ1n) is 7.29. The molecule has 0 N–H and O–H groups in total. The highest BCUT2D eigenvalue weighted by Crippen LogP contribution is 2.30. The quantitative estimate of drug-likeness (QED) is 0.264. The molecule has 2 aromatic carbocycles. The molecule has 0 fully saturated rings. The van der Waals surface area contributed by atoms with Crippen LogP contribution in [0.25, 0.3) is 0 Å². The van der Waals surface area contributed by atoms with Gasteiger partial charge in [0.15, 0.2) is 0 Å². The third-order valence-electron chi connectivity index (χ3n) is 3.47. The fourth-order valence-corrected chi connectivity index (χ4v) is 2.22. The van der Waals surface area contributed by atoms with Gasteiger partial charge in [0.1, 0.15) is 18.8 Å². The normalized spacial score (nSPS) is 10.4. The highest BCUT2D eigenvalue weighted by Gasteiger charge is 2.26. The van der Waals surface area contributed by atoms with Crippen LogP contribution in [0, 0.1) is 40.5 Å². The minimum Gasteiger partial charge on any atom is -0.258 e. The van der Waals surface area contributed by atoms with Crippen molar-refractivity contribution in [3.8, 4) is 0 Å². The molecular formula is C14H10N4O10. The summed E-state index contributed by atoms with van der Waals surface area (Å²) >= 11 is 0. The molecule has 0 bridgehead atoms. The second kappa shape index (κ2) is 8.56. The van der Waals surface area contributed by atoms with E-state index in [1.54, 1.807) is 0 Å². The Labute approximate surface area is 154 Å². The van der Waals surface area contributed by atoms with Crippen LogP contribution in [-0.4, -0.2) is 19.7 Å². The van der Waals surface area contributed by atoms with Crippen molar-refractivity contribution in [2.45, 2.75) is 13.2 Å². The number of nitrogens with zero attached hydrogens (tertiary/aromatic N) is 4. The zero-order chi connectivity index (χ0) is 20.8. The molecule has 2 aromatic rings. The summed E-state index contributed by atoms with van der Waals surface area (Å²) in [7, 11) is 0. The molecule has 0 aliphatic rings. The van der Waals surface area contributed by atoms with Gasteiger partial charge in [-0.3, -0.25) is 40.5 Å². The fraction of sp³-hybridized carbons (Fsp3) is 0.143. The van der Waals surface area contributed by atoms with Crippen molar-refractivity contribution >= 4 is 22.7 Å². The first-order chi connectivity index (χ1) is 13.2. The third kappa shape index (κ3) is 4.57. The summed E-state index contributed by atoms with van der Waals surface area (Å²) in [6, 6.07) is 6.30. The van der Waals surface area contributed by atoms with Crippen LogP contribution in [0.5, 0.6) is 0 Å². The number of nitro benzene ring substituents is 4. The molecule has 2 rings (SSSR count). The highest BCUT2D eigenvalue weighted by molar-refractivity contribution is 5.54. The molecule has 0 amide bonds. The Morgan fingerprint density at radius 2 is 1.14 bits per heavy atom. The summed E-state index contributed by atoms with van der Waals surface area (Å²) < 4.78 is 0. The lowest BCUT2D eigenvalue weighted by Crippen LogP contribution is -2.04. The Morgan fingerprint density at radius 1 is 0.643 bits per heavy atom. The van der Waals surface area contributed by atoms with Crippen molar-refractivity contribution in [1.29, 1.82) is 0 Å². The monoisotopic (exact) mass is 394 g/mol. The lowest BCUT2D eigenvalue weighted by molar-refractivity contribution is -0.422. The van der Waals surface area contributed by atoms with Gasteiger partial charge in [0.2, 0.25) is 0 Å². The van der Waals surface area contributed by atoms with Gasteiger partial charge in [-0.1, -0.05) is 0 Å². The van der Waals surface area contributed by atoms with Gasteiger partial charge in [0.05, 0.1) is 19.7 Å². The molecule has 28 heavy (non-hydrogen) atoms. The number of benzene rings is 2. The molecule has 0 saturated heterocycles. The molecule has 0 saturated carbocycles. The van der Waals surface area contributed by atoms with Gasteiger partial charge >= 0.3 is 11.4 Å². The minimum atomic E-state index is -0.931. The van der Waals surface area contributed by atoms with Gasteiger partial charge in [-0.2, -0.15) is 0 Å². The maximum atomic E-state index is 11.0. The fourth-order valence-electron chi connectivity index (χ4n) is 2.22. The van der Waals surface area contributed by atoms with E-state index >= 15 is 0 Å². The van der Waals surface area contributed by atoms with Crippen LogP contribution in [0.1, 0.15) is 11.1 Å². The molecule has 0 atom stereocenters. The predicted octanol–water partition coefficient (Wildman–Crippen LogP) is 2.97. The van der Waals surface area contributed by atoms with Crippen LogP contribution >= 0.6 is 0 Å². The van der Waals surface area contributed by atoms with Crippen LogP contribution in [-0.2, 0) is 23.0 Å². The van der Waals surface area contributed by atoms with Crippen molar-refractivity contribution in [1.82, 2.24) is 0 Å². The van der Waals surface area contributed by atoms with Crippen LogP contribution in [0.3, 0.4) is 0 Å². The first-order valence-corrected chi connectivity index (χ1v) is 7.29. The highest BCUT2D eigenvalue weighted by atomic mass is 17.2. The maximum absolute atomic E-state index is 11.0. The number of rotatable bonds is 9. The first kappa shape index (κ1) is 20.3. The molecule has 0 unspecified atom stereocenters. The molecule has 0 spiro atoms. The summed E-state index contributed by atoms with van der Waals surface area (Å²) in [6.45, 7) is -1.03. The second-order valence-electron chi connectivity index (χ2n) is 5.15. The van der Waals surface area contributed by atoms with E-state index in [0.717, 1.165) is 30.3 Å². The molecule has 146 valence electrons. The van der Waals surface area contributed by atoms with Crippen molar-refractivity contribution < 1.29 is 29.5 Å². The van der Waals surface area contributed by atoms with E-state index in [2.05, 4.69) is 0 Å². The second-order valence-corrected chi connectivity index (χ2v) is 5.15. The van der Waals surface area contributed by atoms with Gasteiger partial charge in [0, 0.05) is 24.3 Å². The summed E-state index contributed by atoms with van der Waals surface area (Å²) in [5.41, 5.74) is -2.71. The zero-order valence-electron chi connectivity index (χ0n) is 13.7. The molecule has 0 aromatic heterocycles. The van der Waals surface area contributed by atoms with Gasteiger partial charge in [-0.15, -0.1) is 0 Å². The zero-order valence-corrected chi connectivity index (χ0v) is 13.7. The van der Waals surface area contributed by atoms with E-state index in [1.807, 2.05) is 0 Å². The van der Waals surface area contributed by atoms with Gasteiger partial charge < -0.3 is 0 Å². The van der Waals surface area contributed by atoms with Gasteiger partial charge in [-0.25, -0.2) is 9.78 Å². The van der Waals surface area contributed by atoms with E-state index in [1.165, 1.54) is 6.07 Å². The topological polar surface area (TPSA) is 191 Å². The van der Waals surface area contributed by atoms with E-state index < -0.39 is 55.7 Å². The maximum Gasteiger partial charge on any atom is 0.346 e. The van der Waals surface area contributed by atoms with Crippen LogP contribution < -0.4 is 0 Å². The molecule has 14 heteroatoms. The Kier molecular flexibility index (Phi) is 6.20. The molecule has 0 aliphatic carbocycles. The number of nitro groups is 4. The Morgan fingerprint density at radius 3 is 1.64 bits per heavy atom. The summed E-state index contributed by atoms with van der Waals surface area (Å²) in [6.07, 6.45) is 0. The predicted molar refractivity (Wildman–Crippen MR) is 89.1 cm³/mol. The standard InChI is InChI=1S/C14H10N4O10/c19-15(20)11-2-1-3-12(16(21)22)10(11)8-28-27-7-9-4-5-13(17(23)24)14(6-9)18(25)26/h1-6H,7-8H2. The van der Waals surface area contributed by atoms with E-state index in [0.29, 0.717) is 0 Å². The Hall–Kier alpha value is -4.04. The summed E-state index contributed by atoms with van der Waals surface area (Å²) in [5, 5.41) is 43.7. The molecule has 14 nitrogen and oxygen atoms in total. The third-order valence-corrected chi connectivity index (χ3v) is 3.47. The van der Waals surface area contributed by atoms with Crippen LogP contribution in [0.4, 0.5) is 22.7 Å². The van der Waals surface area contributed by atoms with Crippen molar-refractivity contribution in [2.24, 2.45) is 0 Å². The van der Waals surface area contributed by atoms with E-state index in [9.17, 15) is 40.5 Å². The lowest BCUT2D eigenvalue weighted by Gasteiger charge is -2.06. The van der Waals surface area contributed by atoms with Crippen molar-refractivity contribution in [2.75, 3.05) is 0 Å². The van der Waals surface area contributed by atoms with Crippen molar-refractivity contribution in [3.05, 3.63) is 88.0 Å². The van der Waals surface area contributed by atoms with Crippen LogP contribution in [0.15, 0.2) is 36.4 Å². The van der Waals surface area contributed by atoms with E-state index in [4.69, 9.17) is 9.78 Å². The van der Waals surface area contributed by atoms with Gasteiger partial charge in [-0.05, 0) is 17.7 Å². The number of hydrogen-bond acceptors (Lipinski definition) is 10. The minimum absolute atomic E-state index is 0.148. The number of hydrogen-bond donors (Lipinski definition) is 0. The molecular weight excluding hydrogens is 384 g/mol. The van der Waals surface area contributed by atoms with E-state index in [-0.39, 0.29) is 11.1 Å². The Bertz CT molecular complexity index is 929. The van der Waals surface area contributed by atoms with Gasteiger partial charge in [0.25, 0.3) is 11.4 Å². The average Bonchev–Trinajstić information content (AvgIpc) is 2.64. The Balaban J connectivity index is 2.11. The molecule has 0 radical (unpaired) electrons. The summed E-state index contributed by atoms with van der Waals surface area (Å²) in [4.78, 5) is 49.8. The largest absolute Gasteiger partial charge is 0.346 e. The average molecular weight is 394 g/mol. The van der Waals surface area contributed by atoms with Crippen LogP contribution in [0.2, 0.25) is 0 Å².